The van der Waals surface area contributed by atoms with Crippen molar-refractivity contribution in [2.24, 2.45) is 0 Å². The van der Waals surface area contributed by atoms with Gasteiger partial charge in [0, 0.05) is 31.3 Å². The molecule has 1 amide bonds. The van der Waals surface area contributed by atoms with Gasteiger partial charge in [0.05, 0.1) is 19.1 Å². The zero-order valence-corrected chi connectivity index (χ0v) is 17.9. The largest absolute Gasteiger partial charge is 0.497 e. The van der Waals surface area contributed by atoms with E-state index in [1.165, 1.54) is 6.08 Å². The lowest BCUT2D eigenvalue weighted by Crippen LogP contribution is -2.46. The van der Waals surface area contributed by atoms with Crippen molar-refractivity contribution >= 4 is 22.0 Å². The second-order valence-corrected chi connectivity index (χ2v) is 8.73. The van der Waals surface area contributed by atoms with Gasteiger partial charge in [-0.2, -0.15) is 0 Å². The molecule has 0 bridgehead atoms. The second-order valence-electron chi connectivity index (χ2n) is 7.01. The predicted molar refractivity (Wildman–Crippen MR) is 115 cm³/mol. The molecule has 1 aliphatic rings. The maximum absolute atomic E-state index is 12.5. The minimum Gasteiger partial charge on any atom is -0.497 e. The highest BCUT2D eigenvalue weighted by Gasteiger charge is 2.25. The molecular formula is C22H26N2O5S. The van der Waals surface area contributed by atoms with Crippen molar-refractivity contribution in [1.82, 2.24) is 9.62 Å². The van der Waals surface area contributed by atoms with Crippen LogP contribution in [0.1, 0.15) is 18.4 Å². The van der Waals surface area contributed by atoms with Crippen LogP contribution in [0.15, 0.2) is 59.5 Å². The van der Waals surface area contributed by atoms with Crippen LogP contribution >= 0.6 is 0 Å². The number of methoxy groups -OCH3 is 2. The molecule has 0 aliphatic carbocycles. The molecule has 0 spiro atoms. The molecule has 2 aromatic carbocycles. The number of hydrogen-bond donors (Lipinski definition) is 1. The van der Waals surface area contributed by atoms with Gasteiger partial charge >= 0.3 is 0 Å². The number of ether oxygens (including phenoxy) is 2. The van der Waals surface area contributed by atoms with Gasteiger partial charge in [0.1, 0.15) is 11.5 Å². The number of nitrogens with zero attached hydrogens (tertiary/aromatic N) is 1. The maximum atomic E-state index is 12.5. The third kappa shape index (κ3) is 5.61. The minimum atomic E-state index is -3.55. The Morgan fingerprint density at radius 1 is 1.03 bits per heavy atom. The van der Waals surface area contributed by atoms with E-state index in [1.807, 2.05) is 12.1 Å². The van der Waals surface area contributed by atoms with Crippen LogP contribution < -0.4 is 14.2 Å². The molecule has 30 heavy (non-hydrogen) atoms. The summed E-state index contributed by atoms with van der Waals surface area (Å²) < 4.78 is 38.1. The lowest BCUT2D eigenvalue weighted by molar-refractivity contribution is -0.126. The fraction of sp³-hybridized carbons (Fsp3) is 0.318. The summed E-state index contributed by atoms with van der Waals surface area (Å²) in [5.41, 5.74) is 0.796. The highest BCUT2D eigenvalue weighted by molar-refractivity contribution is 7.89. The number of sulfonamides is 1. The molecule has 3 rings (SSSR count). The lowest BCUT2D eigenvalue weighted by Gasteiger charge is -2.31. The van der Waals surface area contributed by atoms with E-state index in [1.54, 1.807) is 61.6 Å². The quantitative estimate of drug-likeness (QED) is 0.683. The zero-order valence-electron chi connectivity index (χ0n) is 17.1. The summed E-state index contributed by atoms with van der Waals surface area (Å²) in [5, 5.41) is 0. The first-order valence-corrected chi connectivity index (χ1v) is 11.2. The molecular weight excluding hydrogens is 404 g/mol. The van der Waals surface area contributed by atoms with Crippen molar-refractivity contribution in [3.05, 3.63) is 60.2 Å². The van der Waals surface area contributed by atoms with Crippen LogP contribution in [0.2, 0.25) is 0 Å². The number of piperidine rings is 1. The SMILES string of the molecule is COc1cc(/C=C/C(=O)N2CCC(NS(=O)(=O)c3ccccc3)CC2)cc(OC)c1. The van der Waals surface area contributed by atoms with Crippen molar-refractivity contribution in [3.8, 4) is 11.5 Å². The van der Waals surface area contributed by atoms with Crippen molar-refractivity contribution in [2.75, 3.05) is 27.3 Å². The van der Waals surface area contributed by atoms with E-state index >= 15 is 0 Å². The number of rotatable bonds is 7. The first-order chi connectivity index (χ1) is 14.4. The van der Waals surface area contributed by atoms with E-state index in [0.717, 1.165) is 5.56 Å². The Kier molecular flexibility index (Phi) is 7.12. The Labute approximate surface area is 177 Å². The van der Waals surface area contributed by atoms with Crippen molar-refractivity contribution in [2.45, 2.75) is 23.8 Å². The number of benzene rings is 2. The Morgan fingerprint density at radius 3 is 2.20 bits per heavy atom. The summed E-state index contributed by atoms with van der Waals surface area (Å²) in [4.78, 5) is 14.5. The number of likely N-dealkylation sites (tertiary alicyclic amines) is 1. The molecule has 8 heteroatoms. The average molecular weight is 431 g/mol. The fourth-order valence-corrected chi connectivity index (χ4v) is 4.63. The predicted octanol–water partition coefficient (Wildman–Crippen LogP) is 2.69. The molecule has 1 fully saturated rings. The molecule has 0 saturated carbocycles. The van der Waals surface area contributed by atoms with Crippen molar-refractivity contribution < 1.29 is 22.7 Å². The Hall–Kier alpha value is -2.84. The number of nitrogens with one attached hydrogen (secondary N) is 1. The van der Waals surface area contributed by atoms with Gasteiger partial charge in [-0.25, -0.2) is 13.1 Å². The van der Waals surface area contributed by atoms with Gasteiger partial charge in [-0.15, -0.1) is 0 Å². The molecule has 1 aliphatic heterocycles. The van der Waals surface area contributed by atoms with Gasteiger partial charge in [0.2, 0.25) is 15.9 Å². The standard InChI is InChI=1S/C22H26N2O5S/c1-28-19-14-17(15-20(16-19)29-2)8-9-22(25)24-12-10-18(11-13-24)23-30(26,27)21-6-4-3-5-7-21/h3-9,14-16,18,23H,10-13H2,1-2H3/b9-8+. The van der Waals surface area contributed by atoms with Gasteiger partial charge < -0.3 is 14.4 Å². The summed E-state index contributed by atoms with van der Waals surface area (Å²) in [7, 11) is -0.402. The summed E-state index contributed by atoms with van der Waals surface area (Å²) in [6.07, 6.45) is 4.37. The Bertz CT molecular complexity index is 975. The molecule has 1 saturated heterocycles. The number of hydrogen-bond acceptors (Lipinski definition) is 5. The lowest BCUT2D eigenvalue weighted by atomic mass is 10.1. The molecule has 0 unspecified atom stereocenters. The van der Waals surface area contributed by atoms with Crippen molar-refractivity contribution in [3.63, 3.8) is 0 Å². The van der Waals surface area contributed by atoms with Gasteiger partial charge in [-0.3, -0.25) is 4.79 Å². The first-order valence-electron chi connectivity index (χ1n) is 9.69. The van der Waals surface area contributed by atoms with Gasteiger partial charge in [0.15, 0.2) is 0 Å². The molecule has 7 nitrogen and oxygen atoms in total. The molecule has 2 aromatic rings. The summed E-state index contributed by atoms with van der Waals surface area (Å²) in [6, 6.07) is 13.5. The highest BCUT2D eigenvalue weighted by Crippen LogP contribution is 2.23. The first kappa shape index (κ1) is 21.9. The average Bonchev–Trinajstić information content (AvgIpc) is 2.78. The zero-order chi connectivity index (χ0) is 21.6. The summed E-state index contributed by atoms with van der Waals surface area (Å²) in [5.74, 6) is 1.18. The third-order valence-corrected chi connectivity index (χ3v) is 6.51. The van der Waals surface area contributed by atoms with Gasteiger partial charge in [-0.05, 0) is 48.7 Å². The third-order valence-electron chi connectivity index (χ3n) is 4.97. The molecule has 1 heterocycles. The monoisotopic (exact) mass is 430 g/mol. The van der Waals surface area contributed by atoms with Crippen LogP contribution in [0.25, 0.3) is 6.08 Å². The molecule has 0 radical (unpaired) electrons. The van der Waals surface area contributed by atoms with E-state index in [9.17, 15) is 13.2 Å². The van der Waals surface area contributed by atoms with Crippen LogP contribution in [0, 0.1) is 0 Å². The second kappa shape index (κ2) is 9.77. The summed E-state index contributed by atoms with van der Waals surface area (Å²) in [6.45, 7) is 0.985. The Balaban J connectivity index is 1.56. The molecule has 0 aromatic heterocycles. The number of carbonyl (C=O) groups excluding carboxylic acids is 1. The maximum Gasteiger partial charge on any atom is 0.246 e. The normalized spacial score (nSPS) is 15.3. The van der Waals surface area contributed by atoms with Crippen LogP contribution in [0.5, 0.6) is 11.5 Å². The minimum absolute atomic E-state index is 0.110. The van der Waals surface area contributed by atoms with E-state index in [2.05, 4.69) is 4.72 Å². The number of amides is 1. The van der Waals surface area contributed by atoms with Gasteiger partial charge in [0.25, 0.3) is 0 Å². The van der Waals surface area contributed by atoms with E-state index in [4.69, 9.17) is 9.47 Å². The molecule has 1 N–H and O–H groups in total. The van der Waals surface area contributed by atoms with E-state index in [0.29, 0.717) is 37.4 Å². The fourth-order valence-electron chi connectivity index (χ4n) is 3.30. The Morgan fingerprint density at radius 2 is 1.63 bits per heavy atom. The van der Waals surface area contributed by atoms with E-state index in [-0.39, 0.29) is 16.8 Å². The van der Waals surface area contributed by atoms with E-state index < -0.39 is 10.0 Å². The van der Waals surface area contributed by atoms with Crippen LogP contribution in [-0.4, -0.2) is 52.6 Å². The van der Waals surface area contributed by atoms with Crippen LogP contribution in [0.3, 0.4) is 0 Å². The molecule has 160 valence electrons. The van der Waals surface area contributed by atoms with Crippen LogP contribution in [-0.2, 0) is 14.8 Å². The molecule has 0 atom stereocenters. The van der Waals surface area contributed by atoms with Crippen molar-refractivity contribution in [1.29, 1.82) is 0 Å². The topological polar surface area (TPSA) is 84.9 Å². The van der Waals surface area contributed by atoms with Gasteiger partial charge in [-0.1, -0.05) is 18.2 Å². The van der Waals surface area contributed by atoms with Crippen LogP contribution in [0.4, 0.5) is 0 Å². The highest BCUT2D eigenvalue weighted by atomic mass is 32.2. The summed E-state index contributed by atoms with van der Waals surface area (Å²) >= 11 is 0. The number of carbonyl (C=O) groups is 1. The smallest absolute Gasteiger partial charge is 0.246 e.